The van der Waals surface area contributed by atoms with E-state index in [4.69, 9.17) is 4.74 Å². The van der Waals surface area contributed by atoms with Crippen molar-refractivity contribution in [2.24, 2.45) is 5.92 Å². The lowest BCUT2D eigenvalue weighted by Gasteiger charge is -2.38. The number of carbonyl (C=O) groups excluding carboxylic acids is 1. The highest BCUT2D eigenvalue weighted by molar-refractivity contribution is 9.10. The van der Waals surface area contributed by atoms with Gasteiger partial charge in [0.2, 0.25) is 0 Å². The lowest BCUT2D eigenvalue weighted by Crippen LogP contribution is -2.47. The standard InChI is InChI=1S/C27H34BrF3N2O2/c1-20(2)26(25(34)35-3,22-9-11-24(28)12-10-22)13-4-14-32-15-17-33(18-16-32)19-21-5-7-23(8-6-21)27(29,30)31/h5-12,20H,4,13-19H2,1-3H3. The average Bonchev–Trinajstić information content (AvgIpc) is 2.83. The summed E-state index contributed by atoms with van der Waals surface area (Å²) in [6, 6.07) is 13.4. The number of ether oxygens (including phenoxy) is 1. The molecule has 1 heterocycles. The molecular formula is C27H34BrF3N2O2. The van der Waals surface area contributed by atoms with Gasteiger partial charge in [0.15, 0.2) is 0 Å². The maximum Gasteiger partial charge on any atom is 0.416 e. The fourth-order valence-corrected chi connectivity index (χ4v) is 5.23. The molecule has 1 atom stereocenters. The highest BCUT2D eigenvalue weighted by Crippen LogP contribution is 2.39. The van der Waals surface area contributed by atoms with Gasteiger partial charge in [-0.25, -0.2) is 0 Å². The molecule has 2 aromatic rings. The summed E-state index contributed by atoms with van der Waals surface area (Å²) in [5.41, 5.74) is 0.558. The second-order valence-electron chi connectivity index (χ2n) is 9.54. The molecule has 192 valence electrons. The van der Waals surface area contributed by atoms with Gasteiger partial charge in [-0.1, -0.05) is 54.0 Å². The molecule has 1 aliphatic heterocycles. The van der Waals surface area contributed by atoms with Crippen molar-refractivity contribution in [3.05, 3.63) is 69.7 Å². The molecule has 1 fully saturated rings. The number of benzene rings is 2. The van der Waals surface area contributed by atoms with E-state index < -0.39 is 17.2 Å². The minimum absolute atomic E-state index is 0.0803. The molecule has 1 aliphatic rings. The van der Waals surface area contributed by atoms with E-state index in [1.54, 1.807) is 12.1 Å². The van der Waals surface area contributed by atoms with Gasteiger partial charge in [-0.2, -0.15) is 13.2 Å². The third kappa shape index (κ3) is 6.86. The Bertz CT molecular complexity index is 956. The lowest BCUT2D eigenvalue weighted by molar-refractivity contribution is -0.150. The molecule has 2 aromatic carbocycles. The molecule has 3 rings (SSSR count). The summed E-state index contributed by atoms with van der Waals surface area (Å²) < 4.78 is 44.6. The Labute approximate surface area is 214 Å². The Morgan fingerprint density at radius 2 is 1.49 bits per heavy atom. The van der Waals surface area contributed by atoms with Gasteiger partial charge >= 0.3 is 12.1 Å². The molecule has 0 aliphatic carbocycles. The van der Waals surface area contributed by atoms with Gasteiger partial charge in [0.25, 0.3) is 0 Å². The Balaban J connectivity index is 1.54. The van der Waals surface area contributed by atoms with E-state index in [9.17, 15) is 18.0 Å². The van der Waals surface area contributed by atoms with Crippen LogP contribution in [0.15, 0.2) is 53.0 Å². The van der Waals surface area contributed by atoms with Gasteiger partial charge in [0.1, 0.15) is 0 Å². The minimum atomic E-state index is -4.30. The Morgan fingerprint density at radius 3 is 2.00 bits per heavy atom. The van der Waals surface area contributed by atoms with Crippen molar-refractivity contribution in [2.45, 2.75) is 44.8 Å². The smallest absolute Gasteiger partial charge is 0.416 e. The van der Waals surface area contributed by atoms with Crippen LogP contribution in [-0.2, 0) is 27.7 Å². The van der Waals surface area contributed by atoms with Crippen LogP contribution in [0.25, 0.3) is 0 Å². The van der Waals surface area contributed by atoms with Gasteiger partial charge in [-0.05, 0) is 60.7 Å². The van der Waals surface area contributed by atoms with E-state index in [2.05, 4.69) is 39.6 Å². The van der Waals surface area contributed by atoms with Crippen molar-refractivity contribution in [1.82, 2.24) is 9.80 Å². The van der Waals surface area contributed by atoms with E-state index in [-0.39, 0.29) is 11.9 Å². The number of alkyl halides is 3. The number of carbonyl (C=O) groups is 1. The summed E-state index contributed by atoms with van der Waals surface area (Å²) in [5.74, 6) is -0.118. The second kappa shape index (κ2) is 11.9. The monoisotopic (exact) mass is 554 g/mol. The lowest BCUT2D eigenvalue weighted by atomic mass is 9.68. The van der Waals surface area contributed by atoms with Crippen LogP contribution < -0.4 is 0 Å². The highest BCUT2D eigenvalue weighted by atomic mass is 79.9. The molecule has 0 aromatic heterocycles. The van der Waals surface area contributed by atoms with E-state index in [0.717, 1.165) is 66.9 Å². The van der Waals surface area contributed by atoms with Crippen LogP contribution in [0.1, 0.15) is 43.4 Å². The number of piperazine rings is 1. The molecule has 0 saturated carbocycles. The van der Waals surface area contributed by atoms with Crippen LogP contribution in [0.2, 0.25) is 0 Å². The summed E-state index contributed by atoms with van der Waals surface area (Å²) in [5, 5.41) is 0. The predicted molar refractivity (Wildman–Crippen MR) is 135 cm³/mol. The van der Waals surface area contributed by atoms with Crippen molar-refractivity contribution >= 4 is 21.9 Å². The second-order valence-corrected chi connectivity index (χ2v) is 10.5. The molecule has 0 radical (unpaired) electrons. The first kappa shape index (κ1) is 27.7. The quantitative estimate of drug-likeness (QED) is 0.349. The average molecular weight is 555 g/mol. The molecule has 0 spiro atoms. The summed E-state index contributed by atoms with van der Waals surface area (Å²) in [6.07, 6.45) is -2.74. The number of methoxy groups -OCH3 is 1. The van der Waals surface area contributed by atoms with Crippen molar-refractivity contribution in [3.63, 3.8) is 0 Å². The molecule has 0 amide bonds. The first-order valence-electron chi connectivity index (χ1n) is 12.0. The van der Waals surface area contributed by atoms with Crippen LogP contribution in [0, 0.1) is 5.92 Å². The van der Waals surface area contributed by atoms with Crippen molar-refractivity contribution in [1.29, 1.82) is 0 Å². The van der Waals surface area contributed by atoms with Gasteiger partial charge < -0.3 is 9.64 Å². The van der Waals surface area contributed by atoms with E-state index >= 15 is 0 Å². The first-order chi connectivity index (χ1) is 16.6. The predicted octanol–water partition coefficient (Wildman–Crippen LogP) is 6.13. The molecule has 1 unspecified atom stereocenters. The van der Waals surface area contributed by atoms with Crippen molar-refractivity contribution in [3.8, 4) is 0 Å². The number of hydrogen-bond donors (Lipinski definition) is 0. The van der Waals surface area contributed by atoms with Gasteiger partial charge in [0, 0.05) is 37.2 Å². The molecule has 4 nitrogen and oxygen atoms in total. The van der Waals surface area contributed by atoms with Crippen molar-refractivity contribution in [2.75, 3.05) is 39.8 Å². The number of hydrogen-bond acceptors (Lipinski definition) is 4. The Kier molecular flexibility index (Phi) is 9.40. The molecule has 0 N–H and O–H groups in total. The third-order valence-electron chi connectivity index (χ3n) is 7.09. The SMILES string of the molecule is COC(=O)C(CCCN1CCN(Cc2ccc(C(F)(F)F)cc2)CC1)(c1ccc(Br)cc1)C(C)C. The van der Waals surface area contributed by atoms with E-state index in [1.165, 1.54) is 7.11 Å². The molecule has 8 heteroatoms. The molecule has 0 bridgehead atoms. The molecule has 35 heavy (non-hydrogen) atoms. The maximum absolute atomic E-state index is 13.0. The fourth-order valence-electron chi connectivity index (χ4n) is 4.96. The zero-order valence-electron chi connectivity index (χ0n) is 20.6. The number of esters is 1. The maximum atomic E-state index is 13.0. The Hall–Kier alpha value is -1.90. The van der Waals surface area contributed by atoms with Gasteiger partial charge in [-0.3, -0.25) is 9.69 Å². The minimum Gasteiger partial charge on any atom is -0.468 e. The fraction of sp³-hybridized carbons (Fsp3) is 0.519. The number of nitrogens with zero attached hydrogens (tertiary/aromatic N) is 2. The summed E-state index contributed by atoms with van der Waals surface area (Å²) in [6.45, 7) is 9.18. The number of rotatable bonds is 9. The van der Waals surface area contributed by atoms with E-state index in [0.29, 0.717) is 13.0 Å². The summed E-state index contributed by atoms with van der Waals surface area (Å²) >= 11 is 3.47. The zero-order valence-corrected chi connectivity index (χ0v) is 22.2. The molecular weight excluding hydrogens is 521 g/mol. The Morgan fingerprint density at radius 1 is 0.943 bits per heavy atom. The van der Waals surface area contributed by atoms with Crippen molar-refractivity contribution < 1.29 is 22.7 Å². The number of halogens is 4. The van der Waals surface area contributed by atoms with Gasteiger partial charge in [0.05, 0.1) is 18.1 Å². The first-order valence-corrected chi connectivity index (χ1v) is 12.8. The normalized spacial score (nSPS) is 17.4. The van der Waals surface area contributed by atoms with Crippen LogP contribution in [0.5, 0.6) is 0 Å². The zero-order chi connectivity index (χ0) is 25.6. The van der Waals surface area contributed by atoms with Crippen LogP contribution in [-0.4, -0.2) is 55.6 Å². The largest absolute Gasteiger partial charge is 0.468 e. The van der Waals surface area contributed by atoms with Gasteiger partial charge in [-0.15, -0.1) is 0 Å². The summed E-state index contributed by atoms with van der Waals surface area (Å²) in [4.78, 5) is 17.7. The topological polar surface area (TPSA) is 32.8 Å². The van der Waals surface area contributed by atoms with Crippen LogP contribution in [0.4, 0.5) is 13.2 Å². The summed E-state index contributed by atoms with van der Waals surface area (Å²) in [7, 11) is 1.45. The van der Waals surface area contributed by atoms with E-state index in [1.807, 2.05) is 24.3 Å². The van der Waals surface area contributed by atoms with Crippen LogP contribution >= 0.6 is 15.9 Å². The van der Waals surface area contributed by atoms with Crippen LogP contribution in [0.3, 0.4) is 0 Å². The molecule has 1 saturated heterocycles. The third-order valence-corrected chi connectivity index (χ3v) is 7.62. The highest BCUT2D eigenvalue weighted by Gasteiger charge is 2.44.